The van der Waals surface area contributed by atoms with E-state index in [-0.39, 0.29) is 30.3 Å². The number of alkyl halides is 1. The van der Waals surface area contributed by atoms with Crippen LogP contribution in [0.25, 0.3) is 0 Å². The molecule has 1 saturated heterocycles. The first-order valence-corrected chi connectivity index (χ1v) is 4.30. The third kappa shape index (κ3) is 4.14. The fraction of sp³-hybridized carbons (Fsp3) is 0.857. The Balaban J connectivity index is 0.00000121. The lowest BCUT2D eigenvalue weighted by molar-refractivity contribution is -0.119. The first-order chi connectivity index (χ1) is 5.33. The van der Waals surface area contributed by atoms with Crippen LogP contribution in [-0.2, 0) is 9.53 Å². The summed E-state index contributed by atoms with van der Waals surface area (Å²) in [4.78, 5) is 10.7. The SMILES string of the molecule is Cl.O=C(CCl)NCC1CCCO1. The molecular weight excluding hydrogens is 201 g/mol. The molecular formula is C7H13Cl2NO2. The fourth-order valence-corrected chi connectivity index (χ4v) is 1.17. The average Bonchev–Trinajstić information content (AvgIpc) is 2.52. The molecule has 0 saturated carbocycles. The van der Waals surface area contributed by atoms with Crippen LogP contribution in [0.3, 0.4) is 0 Å². The summed E-state index contributed by atoms with van der Waals surface area (Å²) in [5.41, 5.74) is 0. The molecule has 1 heterocycles. The third-order valence-corrected chi connectivity index (χ3v) is 1.92. The van der Waals surface area contributed by atoms with Crippen LogP contribution in [0.4, 0.5) is 0 Å². The van der Waals surface area contributed by atoms with Crippen molar-refractivity contribution in [2.45, 2.75) is 18.9 Å². The molecule has 72 valence electrons. The Kier molecular flexibility index (Phi) is 6.52. The number of ether oxygens (including phenoxy) is 1. The van der Waals surface area contributed by atoms with Gasteiger partial charge in [-0.1, -0.05) is 0 Å². The molecule has 0 aromatic rings. The second-order valence-corrected chi connectivity index (χ2v) is 2.84. The molecule has 0 radical (unpaired) electrons. The number of carbonyl (C=O) groups is 1. The van der Waals surface area contributed by atoms with E-state index < -0.39 is 0 Å². The molecule has 0 aromatic heterocycles. The second-order valence-electron chi connectivity index (χ2n) is 2.57. The van der Waals surface area contributed by atoms with Gasteiger partial charge in [-0.2, -0.15) is 0 Å². The molecule has 1 amide bonds. The molecule has 0 spiro atoms. The van der Waals surface area contributed by atoms with Gasteiger partial charge in [0.15, 0.2) is 0 Å². The zero-order valence-electron chi connectivity index (χ0n) is 6.72. The van der Waals surface area contributed by atoms with Crippen molar-refractivity contribution in [1.29, 1.82) is 0 Å². The van der Waals surface area contributed by atoms with Crippen molar-refractivity contribution in [3.05, 3.63) is 0 Å². The number of nitrogens with one attached hydrogen (secondary N) is 1. The molecule has 1 unspecified atom stereocenters. The van der Waals surface area contributed by atoms with E-state index in [1.165, 1.54) is 0 Å². The number of hydrogen-bond acceptors (Lipinski definition) is 2. The van der Waals surface area contributed by atoms with Crippen molar-refractivity contribution < 1.29 is 9.53 Å². The standard InChI is InChI=1S/C7H12ClNO2.ClH/c8-4-7(10)9-5-6-2-1-3-11-6;/h6H,1-5H2,(H,9,10);1H. The second kappa shape index (κ2) is 6.52. The summed E-state index contributed by atoms with van der Waals surface area (Å²) >= 11 is 5.28. The van der Waals surface area contributed by atoms with Crippen molar-refractivity contribution in [3.63, 3.8) is 0 Å². The van der Waals surface area contributed by atoms with Gasteiger partial charge in [-0.05, 0) is 12.8 Å². The van der Waals surface area contributed by atoms with Gasteiger partial charge in [0.1, 0.15) is 5.88 Å². The van der Waals surface area contributed by atoms with E-state index >= 15 is 0 Å². The maximum absolute atomic E-state index is 10.7. The highest BCUT2D eigenvalue weighted by Crippen LogP contribution is 2.10. The van der Waals surface area contributed by atoms with Crippen molar-refractivity contribution in [1.82, 2.24) is 5.32 Å². The maximum atomic E-state index is 10.7. The quantitative estimate of drug-likeness (QED) is 0.710. The van der Waals surface area contributed by atoms with E-state index in [4.69, 9.17) is 16.3 Å². The molecule has 5 heteroatoms. The number of rotatable bonds is 3. The summed E-state index contributed by atoms with van der Waals surface area (Å²) < 4.78 is 5.29. The molecule has 0 aromatic carbocycles. The van der Waals surface area contributed by atoms with E-state index in [0.29, 0.717) is 6.54 Å². The predicted molar refractivity (Wildman–Crippen MR) is 50.0 cm³/mol. The topological polar surface area (TPSA) is 38.3 Å². The molecule has 0 aliphatic carbocycles. The van der Waals surface area contributed by atoms with E-state index in [1.807, 2.05) is 0 Å². The molecule has 12 heavy (non-hydrogen) atoms. The predicted octanol–water partition coefficient (Wildman–Crippen LogP) is 0.942. The Morgan fingerprint density at radius 3 is 2.92 bits per heavy atom. The summed E-state index contributed by atoms with van der Waals surface area (Å²) in [6, 6.07) is 0. The van der Waals surface area contributed by atoms with Crippen molar-refractivity contribution in [2.75, 3.05) is 19.0 Å². The van der Waals surface area contributed by atoms with Crippen LogP contribution in [0.1, 0.15) is 12.8 Å². The van der Waals surface area contributed by atoms with Gasteiger partial charge in [0.05, 0.1) is 6.10 Å². The largest absolute Gasteiger partial charge is 0.376 e. The van der Waals surface area contributed by atoms with Gasteiger partial charge < -0.3 is 10.1 Å². The number of carbonyl (C=O) groups excluding carboxylic acids is 1. The van der Waals surface area contributed by atoms with Gasteiger partial charge in [0.25, 0.3) is 0 Å². The van der Waals surface area contributed by atoms with Crippen LogP contribution in [-0.4, -0.2) is 31.0 Å². The minimum absolute atomic E-state index is 0. The Bertz CT molecular complexity index is 137. The van der Waals surface area contributed by atoms with Crippen LogP contribution in [0.15, 0.2) is 0 Å². The Morgan fingerprint density at radius 1 is 1.67 bits per heavy atom. The number of amides is 1. The minimum Gasteiger partial charge on any atom is -0.376 e. The van der Waals surface area contributed by atoms with Crippen molar-refractivity contribution in [3.8, 4) is 0 Å². The van der Waals surface area contributed by atoms with Gasteiger partial charge in [-0.15, -0.1) is 24.0 Å². The molecule has 1 N–H and O–H groups in total. The molecule has 1 rings (SSSR count). The Morgan fingerprint density at radius 2 is 2.42 bits per heavy atom. The Labute approximate surface area is 83.2 Å². The zero-order chi connectivity index (χ0) is 8.10. The number of halogens is 2. The summed E-state index contributed by atoms with van der Waals surface area (Å²) in [5, 5.41) is 2.68. The van der Waals surface area contributed by atoms with Gasteiger partial charge in [-0.25, -0.2) is 0 Å². The molecule has 1 fully saturated rings. The highest BCUT2D eigenvalue weighted by atomic mass is 35.5. The molecule has 1 atom stereocenters. The van der Waals surface area contributed by atoms with Gasteiger partial charge in [0, 0.05) is 13.2 Å². The first-order valence-electron chi connectivity index (χ1n) is 3.77. The van der Waals surface area contributed by atoms with E-state index in [2.05, 4.69) is 5.32 Å². The molecule has 1 aliphatic heterocycles. The molecule has 3 nitrogen and oxygen atoms in total. The van der Waals surface area contributed by atoms with Crippen molar-refractivity contribution >= 4 is 29.9 Å². The highest BCUT2D eigenvalue weighted by Gasteiger charge is 2.15. The molecule has 1 aliphatic rings. The maximum Gasteiger partial charge on any atom is 0.235 e. The summed E-state index contributed by atoms with van der Waals surface area (Å²) in [7, 11) is 0. The van der Waals surface area contributed by atoms with Crippen LogP contribution >= 0.6 is 24.0 Å². The van der Waals surface area contributed by atoms with E-state index in [1.54, 1.807) is 0 Å². The van der Waals surface area contributed by atoms with Gasteiger partial charge in [-0.3, -0.25) is 4.79 Å². The third-order valence-electron chi connectivity index (χ3n) is 1.67. The van der Waals surface area contributed by atoms with Crippen LogP contribution < -0.4 is 5.32 Å². The highest BCUT2D eigenvalue weighted by molar-refractivity contribution is 6.27. The lowest BCUT2D eigenvalue weighted by atomic mass is 10.2. The van der Waals surface area contributed by atoms with E-state index in [0.717, 1.165) is 19.4 Å². The minimum atomic E-state index is -0.123. The lowest BCUT2D eigenvalue weighted by Crippen LogP contribution is -2.32. The number of hydrogen-bond donors (Lipinski definition) is 1. The summed E-state index contributed by atoms with van der Waals surface area (Å²) in [6.07, 6.45) is 2.35. The smallest absolute Gasteiger partial charge is 0.235 e. The lowest BCUT2D eigenvalue weighted by Gasteiger charge is -2.08. The summed E-state index contributed by atoms with van der Waals surface area (Å²) in [5.74, 6) is -0.0885. The first kappa shape index (κ1) is 12.0. The van der Waals surface area contributed by atoms with Crippen LogP contribution in [0.2, 0.25) is 0 Å². The average molecular weight is 214 g/mol. The van der Waals surface area contributed by atoms with Crippen LogP contribution in [0, 0.1) is 0 Å². The Hall–Kier alpha value is 0.01000. The zero-order valence-corrected chi connectivity index (χ0v) is 8.29. The normalized spacial score (nSPS) is 21.6. The monoisotopic (exact) mass is 213 g/mol. The van der Waals surface area contributed by atoms with Gasteiger partial charge in [0.2, 0.25) is 5.91 Å². The molecule has 0 bridgehead atoms. The van der Waals surface area contributed by atoms with Crippen molar-refractivity contribution in [2.24, 2.45) is 0 Å². The van der Waals surface area contributed by atoms with E-state index in [9.17, 15) is 4.79 Å². The van der Waals surface area contributed by atoms with Gasteiger partial charge >= 0.3 is 0 Å². The summed E-state index contributed by atoms with van der Waals surface area (Å²) in [6.45, 7) is 1.42. The fourth-order valence-electron chi connectivity index (χ4n) is 1.08. The van der Waals surface area contributed by atoms with Crippen LogP contribution in [0.5, 0.6) is 0 Å².